The summed E-state index contributed by atoms with van der Waals surface area (Å²) in [6.07, 6.45) is 0. The van der Waals surface area contributed by atoms with Crippen molar-refractivity contribution in [1.29, 1.82) is 0 Å². The van der Waals surface area contributed by atoms with Crippen LogP contribution >= 0.6 is 0 Å². The number of hydrogen-bond donors (Lipinski definition) is 1. The van der Waals surface area contributed by atoms with Crippen LogP contribution in [-0.4, -0.2) is 19.3 Å². The van der Waals surface area contributed by atoms with E-state index in [2.05, 4.69) is 31.0 Å². The second-order valence-corrected chi connectivity index (χ2v) is 4.95. The van der Waals surface area contributed by atoms with E-state index in [4.69, 9.17) is 9.84 Å². The Kier molecular flexibility index (Phi) is 4.64. The summed E-state index contributed by atoms with van der Waals surface area (Å²) >= 11 is 0. The monoisotopic (exact) mass is 271 g/mol. The first-order valence-electron chi connectivity index (χ1n) is 6.69. The molecule has 20 heavy (non-hydrogen) atoms. The van der Waals surface area contributed by atoms with Crippen LogP contribution in [0.15, 0.2) is 42.5 Å². The normalized spacial score (nSPS) is 10.4. The van der Waals surface area contributed by atoms with E-state index in [1.807, 2.05) is 30.3 Å². The molecule has 1 N–H and O–H groups in total. The predicted molar refractivity (Wildman–Crippen MR) is 82.2 cm³/mol. The lowest BCUT2D eigenvalue weighted by Crippen LogP contribution is -2.18. The second kappa shape index (κ2) is 6.44. The van der Waals surface area contributed by atoms with Gasteiger partial charge in [-0.1, -0.05) is 30.3 Å². The summed E-state index contributed by atoms with van der Waals surface area (Å²) in [6, 6.07) is 14.1. The fraction of sp³-hybridized carbons (Fsp3) is 0.294. The Morgan fingerprint density at radius 1 is 1.15 bits per heavy atom. The maximum Gasteiger partial charge on any atom is 0.123 e. The van der Waals surface area contributed by atoms with E-state index in [-0.39, 0.29) is 6.61 Å². The molecule has 0 bridgehead atoms. The lowest BCUT2D eigenvalue weighted by molar-refractivity contribution is 0.282. The van der Waals surface area contributed by atoms with Crippen LogP contribution in [0.4, 0.5) is 5.69 Å². The molecule has 0 unspecified atom stereocenters. The summed E-state index contributed by atoms with van der Waals surface area (Å²) in [5.41, 5.74) is 4.42. The largest absolute Gasteiger partial charge is 0.496 e. The Morgan fingerprint density at radius 3 is 2.55 bits per heavy atom. The van der Waals surface area contributed by atoms with E-state index in [1.54, 1.807) is 7.11 Å². The maximum atomic E-state index is 9.16. The Balaban J connectivity index is 2.21. The highest BCUT2D eigenvalue weighted by Gasteiger charge is 2.09. The number of methoxy groups -OCH3 is 1. The highest BCUT2D eigenvalue weighted by Crippen LogP contribution is 2.25. The molecule has 0 amide bonds. The average molecular weight is 271 g/mol. The van der Waals surface area contributed by atoms with E-state index in [0.29, 0.717) is 0 Å². The Hall–Kier alpha value is -2.00. The minimum atomic E-state index is 0.0807. The lowest BCUT2D eigenvalue weighted by atomic mass is 10.1. The van der Waals surface area contributed by atoms with Crippen LogP contribution in [0, 0.1) is 6.92 Å². The van der Waals surface area contributed by atoms with Gasteiger partial charge in [0.05, 0.1) is 13.7 Å². The topological polar surface area (TPSA) is 32.7 Å². The van der Waals surface area contributed by atoms with Crippen LogP contribution in [0.2, 0.25) is 0 Å². The number of anilines is 1. The van der Waals surface area contributed by atoms with Crippen molar-refractivity contribution < 1.29 is 9.84 Å². The molecule has 2 aromatic rings. The number of ether oxygens (including phenoxy) is 1. The van der Waals surface area contributed by atoms with Crippen LogP contribution in [0.5, 0.6) is 5.75 Å². The van der Waals surface area contributed by atoms with Gasteiger partial charge in [-0.05, 0) is 30.2 Å². The van der Waals surface area contributed by atoms with Crippen molar-refractivity contribution in [2.24, 2.45) is 0 Å². The molecule has 0 saturated carbocycles. The van der Waals surface area contributed by atoms with Gasteiger partial charge in [0.25, 0.3) is 0 Å². The minimum Gasteiger partial charge on any atom is -0.496 e. The van der Waals surface area contributed by atoms with E-state index in [0.717, 1.165) is 34.7 Å². The van der Waals surface area contributed by atoms with Gasteiger partial charge in [-0.25, -0.2) is 0 Å². The van der Waals surface area contributed by atoms with Crippen LogP contribution in [0.3, 0.4) is 0 Å². The third-order valence-corrected chi connectivity index (χ3v) is 3.46. The molecule has 3 nitrogen and oxygen atoms in total. The van der Waals surface area contributed by atoms with Gasteiger partial charge in [-0.2, -0.15) is 0 Å². The third kappa shape index (κ3) is 3.11. The molecule has 0 aliphatic rings. The Bertz CT molecular complexity index is 581. The molecule has 0 saturated heterocycles. The van der Waals surface area contributed by atoms with Gasteiger partial charge in [0, 0.05) is 24.8 Å². The molecular weight excluding hydrogens is 250 g/mol. The van der Waals surface area contributed by atoms with Crippen LogP contribution in [0.1, 0.15) is 16.7 Å². The first kappa shape index (κ1) is 14.4. The summed E-state index contributed by atoms with van der Waals surface area (Å²) in [6.45, 7) is 2.92. The SMILES string of the molecule is COc1ccccc1CN(C)c1ccc(CO)cc1C. The van der Waals surface area contributed by atoms with Crippen molar-refractivity contribution in [2.75, 3.05) is 19.1 Å². The van der Waals surface area contributed by atoms with E-state index >= 15 is 0 Å². The second-order valence-electron chi connectivity index (χ2n) is 4.95. The van der Waals surface area contributed by atoms with Crippen molar-refractivity contribution in [1.82, 2.24) is 0 Å². The van der Waals surface area contributed by atoms with Crippen molar-refractivity contribution >= 4 is 5.69 Å². The Labute approximate surface area is 120 Å². The van der Waals surface area contributed by atoms with Crippen LogP contribution in [-0.2, 0) is 13.2 Å². The standard InChI is InChI=1S/C17H21NO2/c1-13-10-14(12-19)8-9-16(13)18(2)11-15-6-4-5-7-17(15)20-3/h4-10,19H,11-12H2,1-3H3. The Morgan fingerprint density at radius 2 is 1.90 bits per heavy atom. The number of aryl methyl sites for hydroxylation is 1. The fourth-order valence-electron chi connectivity index (χ4n) is 2.42. The molecule has 0 aliphatic carbocycles. The minimum absolute atomic E-state index is 0.0807. The molecule has 0 aliphatic heterocycles. The van der Waals surface area contributed by atoms with Gasteiger partial charge in [0.15, 0.2) is 0 Å². The first-order valence-corrected chi connectivity index (χ1v) is 6.69. The lowest BCUT2D eigenvalue weighted by Gasteiger charge is -2.23. The zero-order valence-corrected chi connectivity index (χ0v) is 12.3. The molecule has 2 aromatic carbocycles. The maximum absolute atomic E-state index is 9.16. The smallest absolute Gasteiger partial charge is 0.123 e. The van der Waals surface area contributed by atoms with Gasteiger partial charge < -0.3 is 14.7 Å². The van der Waals surface area contributed by atoms with Gasteiger partial charge in [-0.15, -0.1) is 0 Å². The molecule has 0 radical (unpaired) electrons. The van der Waals surface area contributed by atoms with E-state index < -0.39 is 0 Å². The van der Waals surface area contributed by atoms with Crippen molar-refractivity contribution in [3.8, 4) is 5.75 Å². The number of para-hydroxylation sites is 1. The molecule has 0 aromatic heterocycles. The quantitative estimate of drug-likeness (QED) is 0.907. The molecular formula is C17H21NO2. The summed E-state index contributed by atoms with van der Waals surface area (Å²) in [5, 5.41) is 9.16. The van der Waals surface area contributed by atoms with Gasteiger partial charge >= 0.3 is 0 Å². The average Bonchev–Trinajstić information content (AvgIpc) is 2.47. The van der Waals surface area contributed by atoms with Crippen LogP contribution in [0.25, 0.3) is 0 Å². The number of hydrogen-bond acceptors (Lipinski definition) is 3. The predicted octanol–water partition coefficient (Wildman–Crippen LogP) is 3.13. The summed E-state index contributed by atoms with van der Waals surface area (Å²) in [5.74, 6) is 0.906. The molecule has 0 atom stereocenters. The van der Waals surface area contributed by atoms with Crippen molar-refractivity contribution in [3.63, 3.8) is 0 Å². The zero-order chi connectivity index (χ0) is 14.5. The van der Waals surface area contributed by atoms with Gasteiger partial charge in [-0.3, -0.25) is 0 Å². The molecule has 2 rings (SSSR count). The molecule has 3 heteroatoms. The summed E-state index contributed by atoms with van der Waals surface area (Å²) < 4.78 is 5.39. The first-order chi connectivity index (χ1) is 9.65. The van der Waals surface area contributed by atoms with Crippen molar-refractivity contribution in [2.45, 2.75) is 20.1 Å². The van der Waals surface area contributed by atoms with Crippen molar-refractivity contribution in [3.05, 3.63) is 59.2 Å². The summed E-state index contributed by atoms with van der Waals surface area (Å²) in [7, 11) is 3.76. The van der Waals surface area contributed by atoms with Crippen LogP contribution < -0.4 is 9.64 Å². The number of nitrogens with zero attached hydrogens (tertiary/aromatic N) is 1. The molecule has 0 spiro atoms. The highest BCUT2D eigenvalue weighted by molar-refractivity contribution is 5.54. The van der Waals surface area contributed by atoms with Gasteiger partial charge in [0.1, 0.15) is 5.75 Å². The van der Waals surface area contributed by atoms with E-state index in [1.165, 1.54) is 0 Å². The summed E-state index contributed by atoms with van der Waals surface area (Å²) in [4.78, 5) is 2.19. The third-order valence-electron chi connectivity index (χ3n) is 3.46. The highest BCUT2D eigenvalue weighted by atomic mass is 16.5. The fourth-order valence-corrected chi connectivity index (χ4v) is 2.42. The zero-order valence-electron chi connectivity index (χ0n) is 12.3. The number of aliphatic hydroxyl groups excluding tert-OH is 1. The van der Waals surface area contributed by atoms with E-state index in [9.17, 15) is 0 Å². The number of rotatable bonds is 5. The van der Waals surface area contributed by atoms with Gasteiger partial charge in [0.2, 0.25) is 0 Å². The molecule has 0 fully saturated rings. The molecule has 0 heterocycles. The number of benzene rings is 2. The molecule has 106 valence electrons. The number of aliphatic hydroxyl groups is 1.